The molecule has 3 aromatic rings. The number of fused-ring (bicyclic) bond motifs is 1. The number of hydrogen-bond acceptors (Lipinski definition) is 9. The van der Waals surface area contributed by atoms with Gasteiger partial charge in [0.1, 0.15) is 17.4 Å². The normalized spacial score (nSPS) is 15.7. The van der Waals surface area contributed by atoms with Crippen LogP contribution in [0.3, 0.4) is 0 Å². The smallest absolute Gasteiger partial charge is 0.263 e. The summed E-state index contributed by atoms with van der Waals surface area (Å²) >= 11 is 2.00. The number of benzene rings is 1. The third kappa shape index (κ3) is 5.43. The van der Waals surface area contributed by atoms with Gasteiger partial charge in [-0.3, -0.25) is 19.1 Å². The first-order chi connectivity index (χ1) is 16.4. The molecule has 0 amide bonds. The number of rotatable bonds is 9. The van der Waals surface area contributed by atoms with E-state index in [0.717, 1.165) is 13.1 Å². The number of nitrogens with zero attached hydrogens (tertiary/aromatic N) is 2. The molecule has 1 saturated heterocycles. The van der Waals surface area contributed by atoms with Crippen LogP contribution in [-0.2, 0) is 23.2 Å². The van der Waals surface area contributed by atoms with Gasteiger partial charge in [0.25, 0.3) is 5.56 Å². The summed E-state index contributed by atoms with van der Waals surface area (Å²) in [6, 6.07) is 6.27. The third-order valence-electron chi connectivity index (χ3n) is 5.48. The minimum Gasteiger partial charge on any atom is -0.459 e. The van der Waals surface area contributed by atoms with Crippen molar-refractivity contribution < 1.29 is 28.6 Å². The Morgan fingerprint density at radius 2 is 2.06 bits per heavy atom. The van der Waals surface area contributed by atoms with Gasteiger partial charge in [-0.15, -0.1) is 0 Å². The summed E-state index contributed by atoms with van der Waals surface area (Å²) in [6.07, 6.45) is -1.45. The zero-order chi connectivity index (χ0) is 24.2. The SMILES string of the molecule is Cn1c(Nc2ccc(I)cc2F)c(C(O)NOCCO)c2oc(CN3CCOCC3)cc2c1=O. The maximum absolute atomic E-state index is 14.6. The number of ether oxygens (including phenoxy) is 1. The van der Waals surface area contributed by atoms with Crippen molar-refractivity contribution in [1.82, 2.24) is 14.9 Å². The number of furan rings is 1. The molecule has 1 aliphatic heterocycles. The summed E-state index contributed by atoms with van der Waals surface area (Å²) in [6.45, 7) is 2.85. The average molecular weight is 588 g/mol. The minimum absolute atomic E-state index is 0.0685. The molecule has 2 aromatic heterocycles. The molecule has 10 nitrogen and oxygen atoms in total. The van der Waals surface area contributed by atoms with Crippen molar-refractivity contribution in [2.75, 3.05) is 44.8 Å². The van der Waals surface area contributed by atoms with Crippen molar-refractivity contribution in [2.45, 2.75) is 12.8 Å². The van der Waals surface area contributed by atoms with E-state index in [1.165, 1.54) is 17.7 Å². The van der Waals surface area contributed by atoms with Crippen LogP contribution in [0.1, 0.15) is 17.6 Å². The van der Waals surface area contributed by atoms with Crippen LogP contribution in [0.4, 0.5) is 15.9 Å². The number of aromatic nitrogens is 1. The zero-order valence-corrected chi connectivity index (χ0v) is 20.7. The van der Waals surface area contributed by atoms with Gasteiger partial charge in [0.05, 0.1) is 49.6 Å². The van der Waals surface area contributed by atoms with Crippen molar-refractivity contribution in [3.8, 4) is 0 Å². The van der Waals surface area contributed by atoms with Crippen LogP contribution < -0.4 is 16.4 Å². The van der Waals surface area contributed by atoms with Gasteiger partial charge < -0.3 is 24.7 Å². The van der Waals surface area contributed by atoms with Crippen LogP contribution in [0, 0.1) is 9.39 Å². The fourth-order valence-corrected chi connectivity index (χ4v) is 4.25. The number of nitrogens with one attached hydrogen (secondary N) is 2. The topological polar surface area (TPSA) is 121 Å². The van der Waals surface area contributed by atoms with Crippen LogP contribution in [-0.4, -0.2) is 59.2 Å². The van der Waals surface area contributed by atoms with Gasteiger partial charge in [-0.1, -0.05) is 0 Å². The van der Waals surface area contributed by atoms with E-state index in [-0.39, 0.29) is 46.8 Å². The standard InChI is InChI=1S/C22H26FIN4O6/c1-27-20(25-17-3-2-13(24)10-16(17)23)18(21(30)26-33-9-6-29)19-15(22(27)31)11-14(34-19)12-28-4-7-32-8-5-28/h2-3,10-11,21,25-26,29-30H,4-9,12H2,1H3. The maximum atomic E-state index is 14.6. The molecule has 3 heterocycles. The number of hydrogen-bond donors (Lipinski definition) is 4. The average Bonchev–Trinajstić information content (AvgIpc) is 3.23. The molecule has 1 aliphatic rings. The first-order valence-electron chi connectivity index (χ1n) is 10.7. The summed E-state index contributed by atoms with van der Waals surface area (Å²) in [7, 11) is 1.52. The van der Waals surface area contributed by atoms with Crippen LogP contribution in [0.2, 0.25) is 0 Å². The quantitative estimate of drug-likeness (QED) is 0.129. The summed E-state index contributed by atoms with van der Waals surface area (Å²) in [5.74, 6) is 0.172. The molecule has 1 atom stereocenters. The molecular formula is C22H26FIN4O6. The van der Waals surface area contributed by atoms with E-state index in [1.807, 2.05) is 22.6 Å². The highest BCUT2D eigenvalue weighted by Crippen LogP contribution is 2.33. The summed E-state index contributed by atoms with van der Waals surface area (Å²) in [4.78, 5) is 20.4. The van der Waals surface area contributed by atoms with E-state index in [4.69, 9.17) is 19.1 Å². The van der Waals surface area contributed by atoms with E-state index >= 15 is 0 Å². The van der Waals surface area contributed by atoms with Gasteiger partial charge in [0.2, 0.25) is 0 Å². The molecule has 1 unspecified atom stereocenters. The maximum Gasteiger partial charge on any atom is 0.263 e. The Morgan fingerprint density at radius 1 is 1.29 bits per heavy atom. The van der Waals surface area contributed by atoms with Gasteiger partial charge in [-0.2, -0.15) is 5.48 Å². The van der Waals surface area contributed by atoms with Gasteiger partial charge in [0, 0.05) is 23.7 Å². The Bertz CT molecular complexity index is 1210. The number of aliphatic hydroxyl groups excluding tert-OH is 2. The van der Waals surface area contributed by atoms with Gasteiger partial charge in [-0.05, 0) is 46.9 Å². The number of halogens is 2. The van der Waals surface area contributed by atoms with E-state index in [9.17, 15) is 14.3 Å². The molecule has 4 N–H and O–H groups in total. The molecule has 12 heteroatoms. The minimum atomic E-state index is -1.45. The number of aliphatic hydroxyl groups is 2. The highest BCUT2D eigenvalue weighted by Gasteiger charge is 2.26. The van der Waals surface area contributed by atoms with E-state index < -0.39 is 12.0 Å². The lowest BCUT2D eigenvalue weighted by atomic mass is 10.1. The molecule has 0 bridgehead atoms. The molecule has 0 aliphatic carbocycles. The summed E-state index contributed by atoms with van der Waals surface area (Å²) in [5.41, 5.74) is 2.52. The molecule has 1 aromatic carbocycles. The molecule has 34 heavy (non-hydrogen) atoms. The molecule has 0 radical (unpaired) electrons. The van der Waals surface area contributed by atoms with Crippen LogP contribution in [0.5, 0.6) is 0 Å². The molecule has 4 rings (SSSR count). The molecular weight excluding hydrogens is 562 g/mol. The second-order valence-corrected chi connectivity index (χ2v) is 9.06. The number of hydroxylamine groups is 1. The first-order valence-corrected chi connectivity index (χ1v) is 11.8. The third-order valence-corrected chi connectivity index (χ3v) is 6.15. The van der Waals surface area contributed by atoms with Crippen molar-refractivity contribution in [1.29, 1.82) is 0 Å². The van der Waals surface area contributed by atoms with Gasteiger partial charge >= 0.3 is 0 Å². The van der Waals surface area contributed by atoms with Crippen LogP contribution >= 0.6 is 22.6 Å². The van der Waals surface area contributed by atoms with Crippen molar-refractivity contribution >= 4 is 45.1 Å². The van der Waals surface area contributed by atoms with Gasteiger partial charge in [-0.25, -0.2) is 4.39 Å². The lowest BCUT2D eigenvalue weighted by molar-refractivity contribution is -0.0673. The van der Waals surface area contributed by atoms with Gasteiger partial charge in [0.15, 0.2) is 11.8 Å². The van der Waals surface area contributed by atoms with E-state index in [2.05, 4.69) is 15.7 Å². The van der Waals surface area contributed by atoms with Crippen LogP contribution in [0.15, 0.2) is 33.5 Å². The highest BCUT2D eigenvalue weighted by atomic mass is 127. The summed E-state index contributed by atoms with van der Waals surface area (Å²) < 4.78 is 28.0. The molecule has 0 saturated carbocycles. The highest BCUT2D eigenvalue weighted by molar-refractivity contribution is 14.1. The fourth-order valence-electron chi connectivity index (χ4n) is 3.79. The van der Waals surface area contributed by atoms with Crippen molar-refractivity contribution in [3.05, 3.63) is 55.3 Å². The summed E-state index contributed by atoms with van der Waals surface area (Å²) in [5, 5.41) is 23.1. The predicted octanol–water partition coefficient (Wildman–Crippen LogP) is 1.96. The largest absolute Gasteiger partial charge is 0.459 e. The Kier molecular flexibility index (Phi) is 8.18. The molecule has 0 spiro atoms. The zero-order valence-electron chi connectivity index (χ0n) is 18.5. The van der Waals surface area contributed by atoms with Crippen molar-refractivity contribution in [3.63, 3.8) is 0 Å². The first kappa shape index (κ1) is 25.0. The van der Waals surface area contributed by atoms with E-state index in [1.54, 1.807) is 18.2 Å². The Balaban J connectivity index is 1.80. The Hall–Kier alpha value is -2.07. The van der Waals surface area contributed by atoms with Crippen molar-refractivity contribution in [2.24, 2.45) is 7.05 Å². The lowest BCUT2D eigenvalue weighted by Gasteiger charge is -2.25. The fraction of sp³-hybridized carbons (Fsp3) is 0.409. The number of morpholine rings is 1. The second-order valence-electron chi connectivity index (χ2n) is 7.81. The lowest BCUT2D eigenvalue weighted by Crippen LogP contribution is -2.35. The predicted molar refractivity (Wildman–Crippen MR) is 131 cm³/mol. The van der Waals surface area contributed by atoms with E-state index in [0.29, 0.717) is 29.1 Å². The number of anilines is 2. The Morgan fingerprint density at radius 3 is 2.76 bits per heavy atom. The molecule has 1 fully saturated rings. The van der Waals surface area contributed by atoms with Crippen LogP contribution in [0.25, 0.3) is 11.0 Å². The Labute approximate surface area is 208 Å². The molecule has 184 valence electrons. The number of pyridine rings is 1. The second kappa shape index (κ2) is 11.1. The monoisotopic (exact) mass is 588 g/mol.